The van der Waals surface area contributed by atoms with Crippen LogP contribution in [-0.4, -0.2) is 14.5 Å². The molecule has 0 amide bonds. The van der Waals surface area contributed by atoms with Gasteiger partial charge < -0.3 is 5.73 Å². The summed E-state index contributed by atoms with van der Waals surface area (Å²) in [6, 6.07) is 9.91. The predicted octanol–water partition coefficient (Wildman–Crippen LogP) is 3.38. The Labute approximate surface area is 119 Å². The molecule has 19 heavy (non-hydrogen) atoms. The first-order chi connectivity index (χ1) is 9.08. The Hall–Kier alpha value is -1.88. The third-order valence-electron chi connectivity index (χ3n) is 3.08. The number of anilines is 1. The van der Waals surface area contributed by atoms with Crippen LogP contribution in [0.1, 0.15) is 11.3 Å². The third-order valence-corrected chi connectivity index (χ3v) is 4.11. The van der Waals surface area contributed by atoms with Crippen molar-refractivity contribution in [1.82, 2.24) is 14.5 Å². The highest BCUT2D eigenvalue weighted by atomic mass is 79.9. The van der Waals surface area contributed by atoms with E-state index in [1.165, 1.54) is 0 Å². The first-order valence-corrected chi connectivity index (χ1v) is 6.74. The Morgan fingerprint density at radius 3 is 2.68 bits per heavy atom. The van der Waals surface area contributed by atoms with Gasteiger partial charge in [0.2, 0.25) is 5.95 Å². The van der Waals surface area contributed by atoms with E-state index in [0.29, 0.717) is 5.95 Å². The van der Waals surface area contributed by atoms with Crippen molar-refractivity contribution in [2.45, 2.75) is 13.8 Å². The molecule has 0 aliphatic rings. The van der Waals surface area contributed by atoms with E-state index < -0.39 is 0 Å². The number of nitrogens with zero attached hydrogens (tertiary/aromatic N) is 3. The van der Waals surface area contributed by atoms with Gasteiger partial charge in [-0.25, -0.2) is 9.97 Å². The van der Waals surface area contributed by atoms with Crippen LogP contribution >= 0.6 is 15.9 Å². The number of imidazole rings is 1. The lowest BCUT2D eigenvalue weighted by Crippen LogP contribution is -2.03. The van der Waals surface area contributed by atoms with Crippen molar-refractivity contribution in [3.63, 3.8) is 0 Å². The molecule has 0 spiro atoms. The molecule has 5 heteroatoms. The molecule has 0 aliphatic heterocycles. The van der Waals surface area contributed by atoms with Gasteiger partial charge in [0.25, 0.3) is 0 Å². The molecule has 0 unspecified atom stereocenters. The molecule has 3 rings (SSSR count). The van der Waals surface area contributed by atoms with Crippen molar-refractivity contribution in [3.05, 3.63) is 46.1 Å². The largest absolute Gasteiger partial charge is 0.369 e. The van der Waals surface area contributed by atoms with E-state index in [2.05, 4.69) is 25.9 Å². The number of rotatable bonds is 1. The number of pyridine rings is 1. The lowest BCUT2D eigenvalue weighted by molar-refractivity contribution is 1.06. The summed E-state index contributed by atoms with van der Waals surface area (Å²) in [7, 11) is 0. The zero-order valence-electron chi connectivity index (χ0n) is 10.7. The number of nitrogen functional groups attached to an aromatic ring is 1. The smallest absolute Gasteiger partial charge is 0.207 e. The molecule has 3 aromatic rings. The minimum atomic E-state index is 0.444. The molecule has 1 aromatic carbocycles. The summed E-state index contributed by atoms with van der Waals surface area (Å²) in [5.41, 5.74) is 10.7. The van der Waals surface area contributed by atoms with E-state index in [1.54, 1.807) is 0 Å². The average molecular weight is 317 g/mol. The lowest BCUT2D eigenvalue weighted by atomic mass is 10.2. The maximum absolute atomic E-state index is 6.05. The third kappa shape index (κ3) is 1.90. The zero-order chi connectivity index (χ0) is 13.6. The maximum atomic E-state index is 6.05. The number of fused-ring (bicyclic) bond motifs is 1. The highest BCUT2D eigenvalue weighted by Gasteiger charge is 2.14. The van der Waals surface area contributed by atoms with E-state index in [4.69, 9.17) is 5.73 Å². The number of aromatic nitrogens is 3. The number of hydrogen-bond donors (Lipinski definition) is 1. The van der Waals surface area contributed by atoms with Crippen LogP contribution in [0.2, 0.25) is 0 Å². The molecule has 0 aliphatic carbocycles. The topological polar surface area (TPSA) is 56.7 Å². The fourth-order valence-corrected chi connectivity index (χ4v) is 2.55. The first kappa shape index (κ1) is 12.2. The van der Waals surface area contributed by atoms with Gasteiger partial charge in [0, 0.05) is 10.2 Å². The predicted molar refractivity (Wildman–Crippen MR) is 80.5 cm³/mol. The summed E-state index contributed by atoms with van der Waals surface area (Å²) in [4.78, 5) is 8.90. The SMILES string of the molecule is Cc1ccc2nc(N)n(-c3cccc(C)c3Br)c2n1. The fourth-order valence-electron chi connectivity index (χ4n) is 2.11. The van der Waals surface area contributed by atoms with Crippen LogP contribution in [-0.2, 0) is 0 Å². The highest BCUT2D eigenvalue weighted by Crippen LogP contribution is 2.29. The van der Waals surface area contributed by atoms with Crippen molar-refractivity contribution in [3.8, 4) is 5.69 Å². The second-order valence-corrected chi connectivity index (χ2v) is 5.30. The van der Waals surface area contributed by atoms with Gasteiger partial charge in [-0.05, 0) is 53.5 Å². The molecule has 4 nitrogen and oxygen atoms in total. The zero-order valence-corrected chi connectivity index (χ0v) is 12.3. The van der Waals surface area contributed by atoms with E-state index in [-0.39, 0.29) is 0 Å². The van der Waals surface area contributed by atoms with Gasteiger partial charge in [0.15, 0.2) is 5.65 Å². The Kier molecular flexibility index (Phi) is 2.78. The fraction of sp³-hybridized carbons (Fsp3) is 0.143. The number of aryl methyl sites for hydroxylation is 2. The molecule has 0 bridgehead atoms. The van der Waals surface area contributed by atoms with Crippen molar-refractivity contribution in [2.75, 3.05) is 5.73 Å². The van der Waals surface area contributed by atoms with Crippen molar-refractivity contribution in [2.24, 2.45) is 0 Å². The van der Waals surface area contributed by atoms with Crippen LogP contribution in [0.4, 0.5) is 5.95 Å². The Balaban J connectivity index is 2.39. The van der Waals surface area contributed by atoms with E-state index in [1.807, 2.05) is 48.7 Å². The molecule has 2 heterocycles. The monoisotopic (exact) mass is 316 g/mol. The first-order valence-electron chi connectivity index (χ1n) is 5.95. The van der Waals surface area contributed by atoms with Crippen LogP contribution in [0.5, 0.6) is 0 Å². The molecular weight excluding hydrogens is 304 g/mol. The lowest BCUT2D eigenvalue weighted by Gasteiger charge is -2.10. The summed E-state index contributed by atoms with van der Waals surface area (Å²) >= 11 is 3.61. The number of halogens is 1. The Bertz CT molecular complexity index is 776. The van der Waals surface area contributed by atoms with Gasteiger partial charge in [-0.2, -0.15) is 0 Å². The molecule has 0 saturated carbocycles. The van der Waals surface area contributed by atoms with Gasteiger partial charge in [-0.15, -0.1) is 0 Å². The van der Waals surface area contributed by atoms with Crippen molar-refractivity contribution >= 4 is 33.0 Å². The second-order valence-electron chi connectivity index (χ2n) is 4.51. The van der Waals surface area contributed by atoms with Gasteiger partial charge >= 0.3 is 0 Å². The quantitative estimate of drug-likeness (QED) is 0.748. The van der Waals surface area contributed by atoms with Crippen LogP contribution in [0.25, 0.3) is 16.9 Å². The maximum Gasteiger partial charge on any atom is 0.207 e. The minimum absolute atomic E-state index is 0.444. The summed E-state index contributed by atoms with van der Waals surface area (Å²) in [6.07, 6.45) is 0. The van der Waals surface area contributed by atoms with Gasteiger partial charge in [0.05, 0.1) is 5.69 Å². The van der Waals surface area contributed by atoms with Crippen LogP contribution in [0.3, 0.4) is 0 Å². The molecule has 0 radical (unpaired) electrons. The summed E-state index contributed by atoms with van der Waals surface area (Å²) in [5, 5.41) is 0. The van der Waals surface area contributed by atoms with Gasteiger partial charge in [-0.1, -0.05) is 12.1 Å². The number of benzene rings is 1. The number of nitrogens with two attached hydrogens (primary N) is 1. The van der Waals surface area contributed by atoms with Gasteiger partial charge in [-0.3, -0.25) is 4.57 Å². The normalized spacial score (nSPS) is 11.1. The molecule has 2 aromatic heterocycles. The Morgan fingerprint density at radius 2 is 1.89 bits per heavy atom. The van der Waals surface area contributed by atoms with Gasteiger partial charge in [0.1, 0.15) is 5.52 Å². The molecule has 0 saturated heterocycles. The standard InChI is InChI=1S/C14H13BrN4/c1-8-4-3-5-11(12(8)15)19-13-10(18-14(19)16)7-6-9(2)17-13/h3-7H,1-2H3,(H2,16,18). The molecule has 0 fully saturated rings. The van der Waals surface area contributed by atoms with Crippen molar-refractivity contribution in [1.29, 1.82) is 0 Å². The Morgan fingerprint density at radius 1 is 1.11 bits per heavy atom. The summed E-state index contributed by atoms with van der Waals surface area (Å²) < 4.78 is 2.88. The van der Waals surface area contributed by atoms with E-state index in [0.717, 1.165) is 32.6 Å². The summed E-state index contributed by atoms with van der Waals surface area (Å²) in [5.74, 6) is 0.444. The summed E-state index contributed by atoms with van der Waals surface area (Å²) in [6.45, 7) is 4.00. The average Bonchev–Trinajstić information content (AvgIpc) is 2.69. The number of hydrogen-bond acceptors (Lipinski definition) is 3. The van der Waals surface area contributed by atoms with Crippen LogP contribution in [0, 0.1) is 13.8 Å². The van der Waals surface area contributed by atoms with Crippen LogP contribution < -0.4 is 5.73 Å². The van der Waals surface area contributed by atoms with E-state index >= 15 is 0 Å². The minimum Gasteiger partial charge on any atom is -0.369 e. The van der Waals surface area contributed by atoms with Crippen LogP contribution in [0.15, 0.2) is 34.8 Å². The molecular formula is C14H13BrN4. The molecule has 0 atom stereocenters. The highest BCUT2D eigenvalue weighted by molar-refractivity contribution is 9.10. The van der Waals surface area contributed by atoms with E-state index in [9.17, 15) is 0 Å². The van der Waals surface area contributed by atoms with Crippen molar-refractivity contribution < 1.29 is 0 Å². The molecule has 96 valence electrons. The second kappa shape index (κ2) is 4.35. The molecule has 2 N–H and O–H groups in total.